The van der Waals surface area contributed by atoms with Gasteiger partial charge in [-0.15, -0.1) is 0 Å². The molecule has 1 unspecified atom stereocenters. The lowest BCUT2D eigenvalue weighted by atomic mass is 10.1. The molecule has 0 bridgehead atoms. The van der Waals surface area contributed by atoms with E-state index in [9.17, 15) is 4.79 Å². The highest BCUT2D eigenvalue weighted by Crippen LogP contribution is 2.33. The van der Waals surface area contributed by atoms with E-state index in [2.05, 4.69) is 21.4 Å². The lowest BCUT2D eigenvalue weighted by molar-refractivity contribution is 0.0729. The van der Waals surface area contributed by atoms with E-state index in [1.165, 1.54) is 18.0 Å². The molecule has 1 amide bonds. The molecule has 4 nitrogen and oxygen atoms in total. The molecule has 1 fully saturated rings. The molecule has 0 aliphatic carbocycles. The molecular weight excluding hydrogens is 282 g/mol. The number of rotatable bonds is 2. The summed E-state index contributed by atoms with van der Waals surface area (Å²) < 4.78 is 0. The van der Waals surface area contributed by atoms with E-state index in [0.29, 0.717) is 10.8 Å². The first-order valence-electron chi connectivity index (χ1n) is 6.06. The van der Waals surface area contributed by atoms with Crippen LogP contribution in [0.5, 0.6) is 0 Å². The smallest absolute Gasteiger partial charge is 0.274 e. The van der Waals surface area contributed by atoms with Crippen molar-refractivity contribution < 1.29 is 4.79 Å². The molecule has 0 spiro atoms. The van der Waals surface area contributed by atoms with Gasteiger partial charge in [-0.3, -0.25) is 4.79 Å². The van der Waals surface area contributed by atoms with E-state index in [1.807, 2.05) is 10.3 Å². The molecule has 1 aliphatic heterocycles. The van der Waals surface area contributed by atoms with Crippen LogP contribution in [0.2, 0.25) is 5.15 Å². The molecule has 0 radical (unpaired) electrons. The van der Waals surface area contributed by atoms with E-state index < -0.39 is 0 Å². The normalized spacial score (nSPS) is 18.8. The van der Waals surface area contributed by atoms with Gasteiger partial charge in [0.15, 0.2) is 0 Å². The maximum atomic E-state index is 12.4. The summed E-state index contributed by atoms with van der Waals surface area (Å²) in [5.74, 6) is -0.0714. The number of aromatic nitrogens is 2. The molecule has 98 valence electrons. The number of likely N-dealkylation sites (tertiary alicyclic amines) is 1. The summed E-state index contributed by atoms with van der Waals surface area (Å²) in [6.45, 7) is 0.768. The third-order valence-electron chi connectivity index (χ3n) is 3.28. The topological polar surface area (TPSA) is 46.1 Å². The van der Waals surface area contributed by atoms with Gasteiger partial charge in [0.25, 0.3) is 5.91 Å². The molecule has 0 aromatic carbocycles. The fourth-order valence-corrected chi connectivity index (χ4v) is 3.20. The van der Waals surface area contributed by atoms with Crippen LogP contribution in [0, 0.1) is 0 Å². The molecule has 3 heterocycles. The van der Waals surface area contributed by atoms with E-state index >= 15 is 0 Å². The van der Waals surface area contributed by atoms with Gasteiger partial charge >= 0.3 is 0 Å². The van der Waals surface area contributed by atoms with Crippen LogP contribution in [0.15, 0.2) is 29.2 Å². The van der Waals surface area contributed by atoms with Crippen molar-refractivity contribution in [1.29, 1.82) is 0 Å². The maximum absolute atomic E-state index is 12.4. The molecule has 19 heavy (non-hydrogen) atoms. The molecule has 2 aromatic heterocycles. The lowest BCUT2D eigenvalue weighted by Gasteiger charge is -2.23. The highest BCUT2D eigenvalue weighted by atomic mass is 35.5. The highest BCUT2D eigenvalue weighted by Gasteiger charge is 2.31. The van der Waals surface area contributed by atoms with Crippen molar-refractivity contribution in [3.8, 4) is 0 Å². The first-order valence-corrected chi connectivity index (χ1v) is 7.38. The van der Waals surface area contributed by atoms with Gasteiger partial charge in [0.05, 0.1) is 18.4 Å². The van der Waals surface area contributed by atoms with Gasteiger partial charge in [-0.05, 0) is 35.2 Å². The number of amides is 1. The first-order chi connectivity index (χ1) is 9.25. The number of nitrogens with zero attached hydrogens (tertiary/aromatic N) is 3. The van der Waals surface area contributed by atoms with Crippen molar-refractivity contribution in [2.45, 2.75) is 18.9 Å². The minimum absolute atomic E-state index is 0.0714. The summed E-state index contributed by atoms with van der Waals surface area (Å²) in [7, 11) is 0. The second kappa shape index (κ2) is 5.27. The van der Waals surface area contributed by atoms with Crippen molar-refractivity contribution in [3.63, 3.8) is 0 Å². The third-order valence-corrected chi connectivity index (χ3v) is 4.18. The predicted molar refractivity (Wildman–Crippen MR) is 74.4 cm³/mol. The minimum Gasteiger partial charge on any atom is -0.330 e. The summed E-state index contributed by atoms with van der Waals surface area (Å²) in [6.07, 6.45) is 4.87. The first kappa shape index (κ1) is 12.6. The zero-order valence-electron chi connectivity index (χ0n) is 10.1. The molecule has 1 saturated heterocycles. The van der Waals surface area contributed by atoms with Crippen molar-refractivity contribution in [3.05, 3.63) is 45.6 Å². The number of halogens is 1. The quantitative estimate of drug-likeness (QED) is 0.854. The Hall–Kier alpha value is -1.46. The van der Waals surface area contributed by atoms with Gasteiger partial charge in [-0.25, -0.2) is 9.97 Å². The van der Waals surface area contributed by atoms with Gasteiger partial charge in [0, 0.05) is 6.54 Å². The molecule has 0 N–H and O–H groups in total. The summed E-state index contributed by atoms with van der Waals surface area (Å²) in [6, 6.07) is 2.24. The van der Waals surface area contributed by atoms with Crippen LogP contribution in [0.1, 0.15) is 34.9 Å². The van der Waals surface area contributed by atoms with Crippen LogP contribution in [0.25, 0.3) is 0 Å². The molecule has 6 heteroatoms. The Morgan fingerprint density at radius 1 is 1.42 bits per heavy atom. The molecule has 1 atom stereocenters. The summed E-state index contributed by atoms with van der Waals surface area (Å²) >= 11 is 7.34. The molecular formula is C13H12ClN3OS. The highest BCUT2D eigenvalue weighted by molar-refractivity contribution is 7.07. The van der Waals surface area contributed by atoms with E-state index in [0.717, 1.165) is 19.4 Å². The Morgan fingerprint density at radius 2 is 2.32 bits per heavy atom. The zero-order chi connectivity index (χ0) is 13.2. The van der Waals surface area contributed by atoms with Gasteiger partial charge in [0.1, 0.15) is 10.8 Å². The van der Waals surface area contributed by atoms with Gasteiger partial charge in [-0.2, -0.15) is 11.3 Å². The number of hydrogen-bond donors (Lipinski definition) is 0. The van der Waals surface area contributed by atoms with Crippen LogP contribution in [0.4, 0.5) is 0 Å². The van der Waals surface area contributed by atoms with Gasteiger partial charge < -0.3 is 4.90 Å². The largest absolute Gasteiger partial charge is 0.330 e. The number of carbonyl (C=O) groups is 1. The average Bonchev–Trinajstić information content (AvgIpc) is 3.09. The molecule has 3 rings (SSSR count). The summed E-state index contributed by atoms with van der Waals surface area (Å²) in [5, 5.41) is 4.44. The molecule has 0 saturated carbocycles. The molecule has 1 aliphatic rings. The monoisotopic (exact) mass is 293 g/mol. The average molecular weight is 294 g/mol. The van der Waals surface area contributed by atoms with Crippen LogP contribution in [0.3, 0.4) is 0 Å². The van der Waals surface area contributed by atoms with Crippen LogP contribution < -0.4 is 0 Å². The van der Waals surface area contributed by atoms with Crippen molar-refractivity contribution in [1.82, 2.24) is 14.9 Å². The fourth-order valence-electron chi connectivity index (χ4n) is 2.39. The second-order valence-corrected chi connectivity index (χ2v) is 5.60. The van der Waals surface area contributed by atoms with E-state index in [4.69, 9.17) is 11.6 Å². The second-order valence-electron chi connectivity index (χ2n) is 4.44. The van der Waals surface area contributed by atoms with Gasteiger partial charge in [-0.1, -0.05) is 11.6 Å². The van der Waals surface area contributed by atoms with Crippen LogP contribution in [-0.4, -0.2) is 27.3 Å². The summed E-state index contributed by atoms with van der Waals surface area (Å²) in [4.78, 5) is 22.3. The zero-order valence-corrected chi connectivity index (χ0v) is 11.7. The SMILES string of the molecule is O=C(c1cnc(Cl)cn1)N1CCCC1c1ccsc1. The van der Waals surface area contributed by atoms with Crippen molar-refractivity contribution >= 4 is 28.8 Å². The third kappa shape index (κ3) is 2.48. The Balaban J connectivity index is 1.84. The lowest BCUT2D eigenvalue weighted by Crippen LogP contribution is -2.31. The Labute approximate surface area is 120 Å². The fraction of sp³-hybridized carbons (Fsp3) is 0.308. The Morgan fingerprint density at radius 3 is 3.00 bits per heavy atom. The van der Waals surface area contributed by atoms with Crippen LogP contribution in [-0.2, 0) is 0 Å². The number of hydrogen-bond acceptors (Lipinski definition) is 4. The summed E-state index contributed by atoms with van der Waals surface area (Å²) in [5.41, 5.74) is 1.56. The van der Waals surface area contributed by atoms with Crippen LogP contribution >= 0.6 is 22.9 Å². The van der Waals surface area contributed by atoms with Crippen molar-refractivity contribution in [2.24, 2.45) is 0 Å². The predicted octanol–water partition coefficient (Wildman–Crippen LogP) is 3.17. The maximum Gasteiger partial charge on any atom is 0.274 e. The Bertz CT molecular complexity index is 570. The standard InChI is InChI=1S/C13H12ClN3OS/c14-12-7-15-10(6-16-12)13(18)17-4-1-2-11(17)9-3-5-19-8-9/h3,5-8,11H,1-2,4H2. The number of carbonyl (C=O) groups excluding carboxylic acids is 1. The van der Waals surface area contributed by atoms with E-state index in [-0.39, 0.29) is 11.9 Å². The van der Waals surface area contributed by atoms with Crippen molar-refractivity contribution in [2.75, 3.05) is 6.54 Å². The van der Waals surface area contributed by atoms with Gasteiger partial charge in [0.2, 0.25) is 0 Å². The number of thiophene rings is 1. The van der Waals surface area contributed by atoms with E-state index in [1.54, 1.807) is 11.3 Å². The Kier molecular flexibility index (Phi) is 3.48. The minimum atomic E-state index is -0.0714. The molecule has 2 aromatic rings.